The highest BCUT2D eigenvalue weighted by atomic mass is 28.4. The summed E-state index contributed by atoms with van der Waals surface area (Å²) in [6.07, 6.45) is 7.52. The summed E-state index contributed by atoms with van der Waals surface area (Å²) in [5.74, 6) is -0.0628. The van der Waals surface area contributed by atoms with Crippen LogP contribution >= 0.6 is 0 Å². The molecule has 30 heavy (non-hydrogen) atoms. The first-order valence-electron chi connectivity index (χ1n) is 11.0. The molecule has 2 aromatic rings. The second-order valence-electron chi connectivity index (χ2n) is 9.46. The Hall–Kier alpha value is -2.17. The van der Waals surface area contributed by atoms with Crippen LogP contribution in [0.1, 0.15) is 46.5 Å². The third kappa shape index (κ3) is 5.11. The van der Waals surface area contributed by atoms with Gasteiger partial charge in [0.15, 0.2) is 0 Å². The fraction of sp³-hybridized carbons (Fsp3) is 0.423. The normalized spacial score (nSPS) is 20.4. The predicted molar refractivity (Wildman–Crippen MR) is 126 cm³/mol. The first-order chi connectivity index (χ1) is 14.3. The van der Waals surface area contributed by atoms with Crippen LogP contribution in [0.2, 0.25) is 5.04 Å². The quantitative estimate of drug-likeness (QED) is 0.504. The van der Waals surface area contributed by atoms with Gasteiger partial charge in [-0.3, -0.25) is 0 Å². The van der Waals surface area contributed by atoms with Crippen LogP contribution in [-0.4, -0.2) is 26.0 Å². The van der Waals surface area contributed by atoms with E-state index in [1.54, 1.807) is 0 Å². The Kier molecular flexibility index (Phi) is 7.32. The largest absolute Gasteiger partial charge is 0.478 e. The highest BCUT2D eigenvalue weighted by Crippen LogP contribution is 2.38. The highest BCUT2D eigenvalue weighted by molar-refractivity contribution is 6.99. The Morgan fingerprint density at radius 1 is 1.03 bits per heavy atom. The number of carbonyl (C=O) groups is 1. The predicted octanol–water partition coefficient (Wildman–Crippen LogP) is 5.01. The van der Waals surface area contributed by atoms with E-state index in [9.17, 15) is 4.79 Å². The molecule has 3 nitrogen and oxygen atoms in total. The molecule has 0 spiro atoms. The van der Waals surface area contributed by atoms with Crippen molar-refractivity contribution in [1.29, 1.82) is 0 Å². The van der Waals surface area contributed by atoms with Gasteiger partial charge < -0.3 is 9.53 Å². The van der Waals surface area contributed by atoms with Crippen LogP contribution in [0, 0.1) is 11.8 Å². The molecule has 4 heteroatoms. The van der Waals surface area contributed by atoms with Crippen molar-refractivity contribution in [2.24, 2.45) is 11.8 Å². The van der Waals surface area contributed by atoms with Crippen LogP contribution in [0.3, 0.4) is 0 Å². The summed E-state index contributed by atoms with van der Waals surface area (Å²) >= 11 is 0. The zero-order valence-electron chi connectivity index (χ0n) is 18.4. The molecule has 160 valence electrons. The number of carboxylic acids is 1. The summed E-state index contributed by atoms with van der Waals surface area (Å²) in [5, 5.41) is 11.5. The van der Waals surface area contributed by atoms with Crippen LogP contribution < -0.4 is 10.4 Å². The van der Waals surface area contributed by atoms with E-state index in [0.29, 0.717) is 11.8 Å². The topological polar surface area (TPSA) is 46.5 Å². The van der Waals surface area contributed by atoms with E-state index >= 15 is 0 Å². The van der Waals surface area contributed by atoms with E-state index in [1.807, 2.05) is 6.08 Å². The molecule has 1 aliphatic carbocycles. The lowest BCUT2D eigenvalue weighted by atomic mass is 9.82. The molecule has 1 N–H and O–H groups in total. The minimum atomic E-state index is -2.50. The van der Waals surface area contributed by atoms with Gasteiger partial charge in [-0.2, -0.15) is 0 Å². The van der Waals surface area contributed by atoms with Gasteiger partial charge in [0.25, 0.3) is 8.32 Å². The zero-order valence-corrected chi connectivity index (χ0v) is 19.4. The lowest BCUT2D eigenvalue weighted by Gasteiger charge is -2.44. The number of benzene rings is 2. The zero-order chi connectivity index (χ0) is 21.6. The van der Waals surface area contributed by atoms with Gasteiger partial charge in [0.05, 0.1) is 0 Å². The summed E-state index contributed by atoms with van der Waals surface area (Å²) < 4.78 is 7.08. The second-order valence-corrected chi connectivity index (χ2v) is 13.8. The molecule has 2 unspecified atom stereocenters. The van der Waals surface area contributed by atoms with E-state index in [-0.39, 0.29) is 5.04 Å². The molecule has 2 aromatic carbocycles. The summed E-state index contributed by atoms with van der Waals surface area (Å²) in [7, 11) is -2.50. The maximum absolute atomic E-state index is 10.9. The van der Waals surface area contributed by atoms with Crippen molar-refractivity contribution in [1.82, 2.24) is 0 Å². The van der Waals surface area contributed by atoms with E-state index in [1.165, 1.54) is 16.4 Å². The van der Waals surface area contributed by atoms with Crippen LogP contribution in [-0.2, 0) is 9.22 Å². The molecule has 0 amide bonds. The molecule has 3 rings (SSSR count). The number of aliphatic carboxylic acids is 1. The van der Waals surface area contributed by atoms with E-state index in [4.69, 9.17) is 9.53 Å². The molecule has 1 fully saturated rings. The Morgan fingerprint density at radius 3 is 2.10 bits per heavy atom. The molecular weight excluding hydrogens is 388 g/mol. The minimum absolute atomic E-state index is 0.0208. The average Bonchev–Trinajstić information content (AvgIpc) is 2.74. The van der Waals surface area contributed by atoms with Crippen molar-refractivity contribution in [3.05, 3.63) is 72.8 Å². The third-order valence-electron chi connectivity index (χ3n) is 6.29. The number of hydrogen-bond acceptors (Lipinski definition) is 2. The molecular formula is C26H34O3Si. The molecule has 0 heterocycles. The van der Waals surface area contributed by atoms with Gasteiger partial charge in [-0.15, -0.1) is 0 Å². The van der Waals surface area contributed by atoms with Crippen LogP contribution in [0.4, 0.5) is 0 Å². The SMILES string of the molecule is CC(C)(C)[Si](OCC1CCCC(/C=C/C(=O)O)C1)(c1ccccc1)c1ccccc1. The Labute approximate surface area is 181 Å². The Morgan fingerprint density at radius 2 is 1.60 bits per heavy atom. The number of hydrogen-bond donors (Lipinski definition) is 1. The molecule has 0 bridgehead atoms. The van der Waals surface area contributed by atoms with Crippen LogP contribution in [0.15, 0.2) is 72.8 Å². The standard InChI is InChI=1S/C26H34O3Si/c1-26(2,3)30(23-13-6-4-7-14-23,24-15-8-5-9-16-24)29-20-22-12-10-11-21(19-22)17-18-25(27)28/h4-9,13-18,21-22H,10-12,19-20H2,1-3H3,(H,27,28)/b18-17+. The Bertz CT molecular complexity index is 800. The van der Waals surface area contributed by atoms with Crippen molar-refractivity contribution in [2.75, 3.05) is 6.61 Å². The van der Waals surface area contributed by atoms with Crippen molar-refractivity contribution in [3.63, 3.8) is 0 Å². The van der Waals surface area contributed by atoms with Crippen molar-refractivity contribution < 1.29 is 14.3 Å². The summed E-state index contributed by atoms with van der Waals surface area (Å²) in [6.45, 7) is 7.64. The molecule has 2 atom stereocenters. The van der Waals surface area contributed by atoms with Gasteiger partial charge in [-0.05, 0) is 46.5 Å². The highest BCUT2D eigenvalue weighted by Gasteiger charge is 2.50. The molecule has 0 aliphatic heterocycles. The molecule has 0 aromatic heterocycles. The summed E-state index contributed by atoms with van der Waals surface area (Å²) in [4.78, 5) is 10.9. The maximum Gasteiger partial charge on any atom is 0.327 e. The fourth-order valence-corrected chi connectivity index (χ4v) is 9.52. The van der Waals surface area contributed by atoms with Gasteiger partial charge in [-0.1, -0.05) is 93.9 Å². The molecule has 0 radical (unpaired) electrons. The van der Waals surface area contributed by atoms with Gasteiger partial charge in [-0.25, -0.2) is 4.79 Å². The van der Waals surface area contributed by atoms with Crippen LogP contribution in [0.25, 0.3) is 0 Å². The van der Waals surface area contributed by atoms with Gasteiger partial charge in [0, 0.05) is 12.7 Å². The lowest BCUT2D eigenvalue weighted by Crippen LogP contribution is -2.67. The van der Waals surface area contributed by atoms with Crippen molar-refractivity contribution in [2.45, 2.75) is 51.5 Å². The van der Waals surface area contributed by atoms with Gasteiger partial charge in [0.2, 0.25) is 0 Å². The summed E-state index contributed by atoms with van der Waals surface area (Å²) in [6, 6.07) is 21.5. The molecule has 1 aliphatic rings. The summed E-state index contributed by atoms with van der Waals surface area (Å²) in [5.41, 5.74) is 0. The van der Waals surface area contributed by atoms with Crippen LogP contribution in [0.5, 0.6) is 0 Å². The second kappa shape index (κ2) is 9.76. The number of rotatable bonds is 7. The molecule has 1 saturated carbocycles. The van der Waals surface area contributed by atoms with Gasteiger partial charge in [0.1, 0.15) is 0 Å². The minimum Gasteiger partial charge on any atom is -0.478 e. The monoisotopic (exact) mass is 422 g/mol. The van der Waals surface area contributed by atoms with Crippen molar-refractivity contribution >= 4 is 24.7 Å². The molecule has 0 saturated heterocycles. The number of allylic oxidation sites excluding steroid dienone is 1. The van der Waals surface area contributed by atoms with E-state index < -0.39 is 14.3 Å². The van der Waals surface area contributed by atoms with E-state index in [0.717, 1.165) is 32.3 Å². The fourth-order valence-electron chi connectivity index (χ4n) is 4.88. The first-order valence-corrected chi connectivity index (χ1v) is 12.9. The maximum atomic E-state index is 10.9. The smallest absolute Gasteiger partial charge is 0.327 e. The van der Waals surface area contributed by atoms with Crippen molar-refractivity contribution in [3.8, 4) is 0 Å². The number of carboxylic acid groups (broad SMARTS) is 1. The Balaban J connectivity index is 1.89. The average molecular weight is 423 g/mol. The van der Waals surface area contributed by atoms with E-state index in [2.05, 4.69) is 81.4 Å². The lowest BCUT2D eigenvalue weighted by molar-refractivity contribution is -0.131. The first kappa shape index (κ1) is 22.5. The third-order valence-corrected chi connectivity index (χ3v) is 11.3. The van der Waals surface area contributed by atoms with Gasteiger partial charge >= 0.3 is 5.97 Å².